The van der Waals surface area contributed by atoms with Crippen LogP contribution in [-0.4, -0.2) is 61.8 Å². The van der Waals surface area contributed by atoms with E-state index in [0.29, 0.717) is 6.42 Å². The highest BCUT2D eigenvalue weighted by Gasteiger charge is 2.34. The van der Waals surface area contributed by atoms with E-state index in [1.165, 1.54) is 109 Å². The predicted octanol–water partition coefficient (Wildman–Crippen LogP) is 9.09. The number of likely N-dealkylation sites (tertiary alicyclic amines) is 1. The first-order chi connectivity index (χ1) is 21.1. The van der Waals surface area contributed by atoms with Gasteiger partial charge in [0.1, 0.15) is 0 Å². The lowest BCUT2D eigenvalue weighted by Gasteiger charge is -2.30. The fraction of sp³-hybridized carbons (Fsp3) is 0.917. The van der Waals surface area contributed by atoms with Crippen LogP contribution < -0.4 is 0 Å². The molecule has 0 unspecified atom stereocenters. The van der Waals surface area contributed by atoms with Gasteiger partial charge in [0.15, 0.2) is 0 Å². The number of unbranched alkanes of at least 4 members (excludes halogenated alkanes) is 20. The highest BCUT2D eigenvalue weighted by molar-refractivity contribution is 5.99. The number of nitrogens with zero attached hydrogens (tertiary/aromatic N) is 1. The zero-order valence-electron chi connectivity index (χ0n) is 28.2. The Morgan fingerprint density at radius 3 is 1.26 bits per heavy atom. The van der Waals surface area contributed by atoms with Crippen LogP contribution in [0, 0.1) is 0 Å². The van der Waals surface area contributed by atoms with E-state index in [-0.39, 0.29) is 19.6 Å². The van der Waals surface area contributed by atoms with Crippen molar-refractivity contribution >= 4 is 17.9 Å². The molecule has 1 heterocycles. The van der Waals surface area contributed by atoms with Gasteiger partial charge in [-0.15, -0.1) is 0 Å². The summed E-state index contributed by atoms with van der Waals surface area (Å²) in [4.78, 5) is 40.2. The third-order valence-corrected chi connectivity index (χ3v) is 8.47. The maximum Gasteiger partial charge on any atom is 0.359 e. The van der Waals surface area contributed by atoms with Gasteiger partial charge in [0, 0.05) is 6.42 Å². The van der Waals surface area contributed by atoms with Crippen molar-refractivity contribution in [2.45, 2.75) is 180 Å². The van der Waals surface area contributed by atoms with Crippen LogP contribution >= 0.6 is 0 Å². The summed E-state index contributed by atoms with van der Waals surface area (Å²) in [5, 5.41) is 0. The number of hydrogen-bond donors (Lipinski definition) is 0. The summed E-state index contributed by atoms with van der Waals surface area (Å²) in [5.74, 6) is -2.18. The fourth-order valence-electron chi connectivity index (χ4n) is 5.46. The van der Waals surface area contributed by atoms with Crippen LogP contribution in [0.5, 0.6) is 0 Å². The van der Waals surface area contributed by atoms with Crippen molar-refractivity contribution in [2.24, 2.45) is 0 Å². The molecule has 0 aromatic rings. The van der Waals surface area contributed by atoms with E-state index in [9.17, 15) is 14.4 Å². The minimum atomic E-state index is -1.63. The van der Waals surface area contributed by atoms with E-state index in [0.717, 1.165) is 58.2 Å². The molecule has 252 valence electrons. The molecule has 0 amide bonds. The van der Waals surface area contributed by atoms with E-state index in [1.807, 2.05) is 0 Å². The van der Waals surface area contributed by atoms with Crippen LogP contribution in [0.4, 0.5) is 0 Å². The quantitative estimate of drug-likeness (QED) is 0.0335. The number of ether oxygens (including phenoxy) is 3. The van der Waals surface area contributed by atoms with Gasteiger partial charge in [0.05, 0.1) is 13.2 Å². The van der Waals surface area contributed by atoms with Gasteiger partial charge in [0.25, 0.3) is 6.10 Å². The van der Waals surface area contributed by atoms with E-state index in [4.69, 9.17) is 14.2 Å². The Morgan fingerprint density at radius 1 is 0.535 bits per heavy atom. The van der Waals surface area contributed by atoms with E-state index < -0.39 is 24.0 Å². The van der Waals surface area contributed by atoms with Gasteiger partial charge < -0.3 is 19.1 Å². The predicted molar refractivity (Wildman–Crippen MR) is 175 cm³/mol. The van der Waals surface area contributed by atoms with Gasteiger partial charge in [-0.05, 0) is 45.3 Å². The minimum Gasteiger partial charge on any atom is -0.462 e. The molecule has 1 fully saturated rings. The molecule has 0 spiro atoms. The first kappa shape index (κ1) is 39.4. The minimum absolute atomic E-state index is 0.171. The highest BCUT2D eigenvalue weighted by Crippen LogP contribution is 2.14. The lowest BCUT2D eigenvalue weighted by Crippen LogP contribution is -2.39. The Hall–Kier alpha value is -1.63. The monoisotopic (exact) mass is 609 g/mol. The number of hydrogen-bond acceptors (Lipinski definition) is 7. The average Bonchev–Trinajstić information content (AvgIpc) is 2.98. The highest BCUT2D eigenvalue weighted by atomic mass is 16.6. The van der Waals surface area contributed by atoms with Gasteiger partial charge in [-0.1, -0.05) is 142 Å². The normalized spacial score (nSPS) is 13.2. The second-order valence-electron chi connectivity index (χ2n) is 12.6. The smallest absolute Gasteiger partial charge is 0.359 e. The molecule has 7 nitrogen and oxygen atoms in total. The Morgan fingerprint density at radius 2 is 0.907 bits per heavy atom. The van der Waals surface area contributed by atoms with E-state index in [2.05, 4.69) is 18.7 Å². The molecule has 0 radical (unpaired) electrons. The van der Waals surface area contributed by atoms with Crippen molar-refractivity contribution in [2.75, 3.05) is 32.8 Å². The van der Waals surface area contributed by atoms with E-state index >= 15 is 0 Å². The molecule has 0 atom stereocenters. The lowest BCUT2D eigenvalue weighted by molar-refractivity contribution is -0.180. The number of rotatable bonds is 31. The zero-order valence-corrected chi connectivity index (χ0v) is 28.2. The van der Waals surface area contributed by atoms with Crippen molar-refractivity contribution in [3.05, 3.63) is 0 Å². The summed E-state index contributed by atoms with van der Waals surface area (Å²) in [6, 6.07) is 0. The van der Waals surface area contributed by atoms with Crippen molar-refractivity contribution < 1.29 is 28.6 Å². The Kier molecular flexibility index (Phi) is 26.7. The number of esters is 3. The molecule has 1 rings (SSSR count). The van der Waals surface area contributed by atoms with Crippen LogP contribution in [0.3, 0.4) is 0 Å². The third-order valence-electron chi connectivity index (χ3n) is 8.47. The van der Waals surface area contributed by atoms with Crippen LogP contribution in [0.2, 0.25) is 0 Å². The fourth-order valence-corrected chi connectivity index (χ4v) is 5.46. The molecule has 7 heteroatoms. The Bertz CT molecular complexity index is 641. The second-order valence-corrected chi connectivity index (χ2v) is 12.6. The summed E-state index contributed by atoms with van der Waals surface area (Å²) in [6.45, 7) is 7.89. The van der Waals surface area contributed by atoms with Gasteiger partial charge in [0.2, 0.25) is 0 Å². The molecule has 1 aliphatic rings. The molecule has 1 aliphatic heterocycles. The number of carbonyl (C=O) groups is 3. The standard InChI is InChI=1S/C36H67NO6/c1-3-5-7-9-11-13-15-17-19-21-23-31-41-35(39)34(43-33(38)27-25-28-37-29-26-30-37)36(40)42-32-24-22-20-18-16-14-12-10-8-6-4-2/h34H,3-32H2,1-2H3. The van der Waals surface area contributed by atoms with Crippen LogP contribution in [0.1, 0.15) is 174 Å². The molecule has 0 bridgehead atoms. The molecular formula is C36H67NO6. The summed E-state index contributed by atoms with van der Waals surface area (Å²) in [5.41, 5.74) is 0. The zero-order chi connectivity index (χ0) is 31.2. The summed E-state index contributed by atoms with van der Waals surface area (Å²) < 4.78 is 16.0. The van der Waals surface area contributed by atoms with Crippen LogP contribution in [-0.2, 0) is 28.6 Å². The van der Waals surface area contributed by atoms with Gasteiger partial charge in [-0.2, -0.15) is 0 Å². The van der Waals surface area contributed by atoms with Crippen molar-refractivity contribution in [1.29, 1.82) is 0 Å². The topological polar surface area (TPSA) is 82.1 Å². The van der Waals surface area contributed by atoms with E-state index in [1.54, 1.807) is 0 Å². The third kappa shape index (κ3) is 23.4. The van der Waals surface area contributed by atoms with Gasteiger partial charge in [-0.25, -0.2) is 9.59 Å². The molecule has 43 heavy (non-hydrogen) atoms. The first-order valence-electron chi connectivity index (χ1n) is 18.3. The average molecular weight is 610 g/mol. The maximum atomic E-state index is 12.7. The Labute approximate surface area is 264 Å². The van der Waals surface area contributed by atoms with Crippen molar-refractivity contribution in [3.8, 4) is 0 Å². The molecule has 0 aromatic heterocycles. The molecular weight excluding hydrogens is 542 g/mol. The number of carbonyl (C=O) groups excluding carboxylic acids is 3. The first-order valence-corrected chi connectivity index (χ1v) is 18.3. The summed E-state index contributed by atoms with van der Waals surface area (Å²) >= 11 is 0. The van der Waals surface area contributed by atoms with Crippen molar-refractivity contribution in [3.63, 3.8) is 0 Å². The molecule has 0 saturated carbocycles. The molecule has 0 N–H and O–H groups in total. The summed E-state index contributed by atoms with van der Waals surface area (Å²) in [6.07, 6.45) is 26.9. The molecule has 0 aromatic carbocycles. The van der Waals surface area contributed by atoms with Crippen molar-refractivity contribution in [1.82, 2.24) is 4.90 Å². The molecule has 1 saturated heterocycles. The SMILES string of the molecule is CCCCCCCCCCCCCOC(=O)C(OC(=O)CCCN1CCC1)C(=O)OCCCCCCCCCCCCC. The van der Waals surface area contributed by atoms with Crippen LogP contribution in [0.15, 0.2) is 0 Å². The van der Waals surface area contributed by atoms with Crippen LogP contribution in [0.25, 0.3) is 0 Å². The molecule has 0 aliphatic carbocycles. The van der Waals surface area contributed by atoms with Gasteiger partial charge in [-0.3, -0.25) is 4.79 Å². The second kappa shape index (κ2) is 29.1. The largest absolute Gasteiger partial charge is 0.462 e. The Balaban J connectivity index is 2.26. The van der Waals surface area contributed by atoms with Gasteiger partial charge >= 0.3 is 17.9 Å². The summed E-state index contributed by atoms with van der Waals surface area (Å²) in [7, 11) is 0. The maximum absolute atomic E-state index is 12.7. The lowest BCUT2D eigenvalue weighted by atomic mass is 10.1.